The van der Waals surface area contributed by atoms with E-state index in [0.717, 1.165) is 6.42 Å². The van der Waals surface area contributed by atoms with Gasteiger partial charge in [-0.15, -0.1) is 0 Å². The van der Waals surface area contributed by atoms with Crippen LogP contribution in [-0.2, 0) is 0 Å². The summed E-state index contributed by atoms with van der Waals surface area (Å²) in [7, 11) is 0. The lowest BCUT2D eigenvalue weighted by atomic mass is 10.1. The molecule has 0 radical (unpaired) electrons. The molecule has 2 rings (SSSR count). The van der Waals surface area contributed by atoms with Crippen molar-refractivity contribution in [1.29, 1.82) is 0 Å². The van der Waals surface area contributed by atoms with Crippen molar-refractivity contribution >= 4 is 17.5 Å². The van der Waals surface area contributed by atoms with E-state index in [0.29, 0.717) is 16.8 Å². The van der Waals surface area contributed by atoms with Gasteiger partial charge in [0.25, 0.3) is 11.8 Å². The first-order valence-electron chi connectivity index (χ1n) is 7.22. The minimum atomic E-state index is -0.209. The van der Waals surface area contributed by atoms with E-state index in [4.69, 9.17) is 0 Å². The molecular weight excluding hydrogens is 278 g/mol. The summed E-state index contributed by atoms with van der Waals surface area (Å²) in [5.74, 6) is -0.319. The minimum absolute atomic E-state index is 0.110. The summed E-state index contributed by atoms with van der Waals surface area (Å²) >= 11 is 0. The first-order valence-corrected chi connectivity index (χ1v) is 7.22. The number of nitrogens with one attached hydrogen (secondary N) is 2. The Balaban J connectivity index is 2.00. The van der Waals surface area contributed by atoms with Gasteiger partial charge in [-0.3, -0.25) is 14.6 Å². The van der Waals surface area contributed by atoms with Crippen LogP contribution in [0.5, 0.6) is 0 Å². The van der Waals surface area contributed by atoms with Crippen molar-refractivity contribution in [2.75, 3.05) is 5.32 Å². The number of hydrogen-bond acceptors (Lipinski definition) is 3. The lowest BCUT2D eigenvalue weighted by Gasteiger charge is -2.11. The van der Waals surface area contributed by atoms with Crippen LogP contribution in [0.4, 0.5) is 5.69 Å². The van der Waals surface area contributed by atoms with Crippen molar-refractivity contribution in [1.82, 2.24) is 10.3 Å². The van der Waals surface area contributed by atoms with Gasteiger partial charge < -0.3 is 10.6 Å². The highest BCUT2D eigenvalue weighted by Crippen LogP contribution is 2.11. The third kappa shape index (κ3) is 4.15. The van der Waals surface area contributed by atoms with E-state index in [9.17, 15) is 9.59 Å². The molecule has 1 unspecified atom stereocenters. The summed E-state index contributed by atoms with van der Waals surface area (Å²) in [6.45, 7) is 3.98. The lowest BCUT2D eigenvalue weighted by molar-refractivity contribution is 0.0938. The summed E-state index contributed by atoms with van der Waals surface area (Å²) in [4.78, 5) is 27.8. The van der Waals surface area contributed by atoms with Crippen LogP contribution in [0.15, 0.2) is 48.8 Å². The first-order chi connectivity index (χ1) is 10.6. The molecular formula is C17H19N3O2. The highest BCUT2D eigenvalue weighted by molar-refractivity contribution is 6.04. The Hall–Kier alpha value is -2.69. The molecule has 0 aliphatic rings. The predicted octanol–water partition coefficient (Wildman–Crippen LogP) is 2.86. The van der Waals surface area contributed by atoms with Gasteiger partial charge in [-0.1, -0.05) is 6.92 Å². The third-order valence-electron chi connectivity index (χ3n) is 3.34. The second kappa shape index (κ2) is 7.36. The Morgan fingerprint density at radius 1 is 1.00 bits per heavy atom. The fraction of sp³-hybridized carbons (Fsp3) is 0.235. The molecule has 22 heavy (non-hydrogen) atoms. The van der Waals surface area contributed by atoms with Crippen LogP contribution >= 0.6 is 0 Å². The molecule has 2 aromatic rings. The number of hydrogen-bond donors (Lipinski definition) is 2. The average Bonchev–Trinajstić information content (AvgIpc) is 2.56. The molecule has 1 atom stereocenters. The van der Waals surface area contributed by atoms with Crippen LogP contribution in [0.3, 0.4) is 0 Å². The Kier molecular flexibility index (Phi) is 5.25. The molecule has 5 heteroatoms. The summed E-state index contributed by atoms with van der Waals surface area (Å²) < 4.78 is 0. The average molecular weight is 297 g/mol. The van der Waals surface area contributed by atoms with Crippen LogP contribution < -0.4 is 10.6 Å². The van der Waals surface area contributed by atoms with Crippen molar-refractivity contribution in [2.45, 2.75) is 26.3 Å². The molecule has 0 aliphatic carbocycles. The van der Waals surface area contributed by atoms with Gasteiger partial charge >= 0.3 is 0 Å². The molecule has 0 spiro atoms. The van der Waals surface area contributed by atoms with Crippen molar-refractivity contribution in [3.63, 3.8) is 0 Å². The summed E-state index contributed by atoms with van der Waals surface area (Å²) in [5.41, 5.74) is 1.75. The van der Waals surface area contributed by atoms with Crippen LogP contribution in [0.1, 0.15) is 41.0 Å². The number of amides is 2. The van der Waals surface area contributed by atoms with Gasteiger partial charge in [0.15, 0.2) is 0 Å². The molecule has 1 heterocycles. The monoisotopic (exact) mass is 297 g/mol. The van der Waals surface area contributed by atoms with Crippen molar-refractivity contribution < 1.29 is 9.59 Å². The fourth-order valence-corrected chi connectivity index (χ4v) is 1.82. The standard InChI is InChI=1S/C17H19N3O2/c1-3-12(2)19-16(21)13-4-6-15(7-5-13)20-17(22)14-8-10-18-11-9-14/h4-12H,3H2,1-2H3,(H,19,21)(H,20,22). The highest BCUT2D eigenvalue weighted by Gasteiger charge is 2.09. The SMILES string of the molecule is CCC(C)NC(=O)c1ccc(NC(=O)c2ccncc2)cc1. The molecule has 0 aliphatic heterocycles. The number of anilines is 1. The molecule has 0 fully saturated rings. The lowest BCUT2D eigenvalue weighted by Crippen LogP contribution is -2.31. The highest BCUT2D eigenvalue weighted by atomic mass is 16.2. The third-order valence-corrected chi connectivity index (χ3v) is 3.34. The fourth-order valence-electron chi connectivity index (χ4n) is 1.82. The number of carbonyl (C=O) groups is 2. The Morgan fingerprint density at radius 2 is 1.59 bits per heavy atom. The van der Waals surface area contributed by atoms with Crippen LogP contribution in [0.25, 0.3) is 0 Å². The van der Waals surface area contributed by atoms with E-state index in [1.54, 1.807) is 48.8 Å². The van der Waals surface area contributed by atoms with Crippen molar-refractivity contribution in [2.24, 2.45) is 0 Å². The van der Waals surface area contributed by atoms with E-state index < -0.39 is 0 Å². The van der Waals surface area contributed by atoms with Gasteiger partial charge in [0.2, 0.25) is 0 Å². The number of rotatable bonds is 5. The maximum Gasteiger partial charge on any atom is 0.255 e. The number of aromatic nitrogens is 1. The van der Waals surface area contributed by atoms with E-state index in [1.165, 1.54) is 0 Å². The topological polar surface area (TPSA) is 71.1 Å². The van der Waals surface area contributed by atoms with Gasteiger partial charge in [0, 0.05) is 35.2 Å². The zero-order chi connectivity index (χ0) is 15.9. The van der Waals surface area contributed by atoms with Crippen LogP contribution in [0, 0.1) is 0 Å². The molecule has 1 aromatic heterocycles. The second-order valence-corrected chi connectivity index (χ2v) is 5.05. The number of nitrogens with zero attached hydrogens (tertiary/aromatic N) is 1. The molecule has 0 saturated carbocycles. The predicted molar refractivity (Wildman–Crippen MR) is 85.9 cm³/mol. The van der Waals surface area contributed by atoms with Crippen molar-refractivity contribution in [3.8, 4) is 0 Å². The normalized spacial score (nSPS) is 11.5. The van der Waals surface area contributed by atoms with Gasteiger partial charge in [-0.05, 0) is 49.7 Å². The molecule has 0 bridgehead atoms. The Bertz CT molecular complexity index is 639. The maximum absolute atomic E-state index is 12.0. The van der Waals surface area contributed by atoms with Gasteiger partial charge in [0.05, 0.1) is 0 Å². The van der Waals surface area contributed by atoms with E-state index in [1.807, 2.05) is 13.8 Å². The Morgan fingerprint density at radius 3 is 2.18 bits per heavy atom. The number of pyridine rings is 1. The van der Waals surface area contributed by atoms with Gasteiger partial charge in [0.1, 0.15) is 0 Å². The first kappa shape index (κ1) is 15.7. The summed E-state index contributed by atoms with van der Waals surface area (Å²) in [5, 5.41) is 5.68. The molecule has 114 valence electrons. The molecule has 2 amide bonds. The van der Waals surface area contributed by atoms with Gasteiger partial charge in [-0.2, -0.15) is 0 Å². The van der Waals surface area contributed by atoms with E-state index in [-0.39, 0.29) is 17.9 Å². The molecule has 1 aromatic carbocycles. The van der Waals surface area contributed by atoms with Crippen LogP contribution in [-0.4, -0.2) is 22.8 Å². The minimum Gasteiger partial charge on any atom is -0.350 e. The second-order valence-electron chi connectivity index (χ2n) is 5.05. The van der Waals surface area contributed by atoms with Gasteiger partial charge in [-0.25, -0.2) is 0 Å². The number of carbonyl (C=O) groups excluding carboxylic acids is 2. The Labute approximate surface area is 129 Å². The van der Waals surface area contributed by atoms with Crippen LogP contribution in [0.2, 0.25) is 0 Å². The molecule has 2 N–H and O–H groups in total. The maximum atomic E-state index is 12.0. The van der Waals surface area contributed by atoms with Crippen molar-refractivity contribution in [3.05, 3.63) is 59.9 Å². The smallest absolute Gasteiger partial charge is 0.255 e. The number of benzene rings is 1. The zero-order valence-electron chi connectivity index (χ0n) is 12.7. The molecule has 5 nitrogen and oxygen atoms in total. The quantitative estimate of drug-likeness (QED) is 0.891. The zero-order valence-corrected chi connectivity index (χ0v) is 12.7. The van der Waals surface area contributed by atoms with E-state index in [2.05, 4.69) is 15.6 Å². The van der Waals surface area contributed by atoms with E-state index >= 15 is 0 Å². The molecule has 0 saturated heterocycles. The summed E-state index contributed by atoms with van der Waals surface area (Å²) in [6, 6.07) is 10.2. The summed E-state index contributed by atoms with van der Waals surface area (Å²) in [6.07, 6.45) is 4.01. The largest absolute Gasteiger partial charge is 0.350 e.